The van der Waals surface area contributed by atoms with E-state index in [0.29, 0.717) is 32.7 Å². The second-order valence-electron chi connectivity index (χ2n) is 7.89. The number of hydrogen-bond donors (Lipinski definition) is 2. The van der Waals surface area contributed by atoms with Crippen molar-refractivity contribution >= 4 is 58.2 Å². The Morgan fingerprint density at radius 2 is 1.86 bits per heavy atom. The van der Waals surface area contributed by atoms with Crippen LogP contribution >= 0.6 is 23.2 Å². The van der Waals surface area contributed by atoms with Gasteiger partial charge in [-0.2, -0.15) is 0 Å². The number of guanidine groups is 1. The highest BCUT2D eigenvalue weighted by atomic mass is 35.5. The zero-order valence-electron chi connectivity index (χ0n) is 20.1. The normalized spacial score (nSPS) is 18.2. The van der Waals surface area contributed by atoms with Crippen molar-refractivity contribution in [1.29, 1.82) is 0 Å². The Morgan fingerprint density at radius 3 is 2.49 bits per heavy atom. The summed E-state index contributed by atoms with van der Waals surface area (Å²) in [6, 6.07) is 5.41. The maximum Gasteiger partial charge on any atom is 0.247 e. The SMILES string of the molecule is C=CC(=O)Nc1cccc(F)c1NC1=NC2C(=CC(c3c(Cl)c(OC)cc(OC)c3Cl)=CC2OC)C=N1. The third-order valence-corrected chi connectivity index (χ3v) is 6.49. The predicted molar refractivity (Wildman–Crippen MR) is 145 cm³/mol. The average molecular weight is 545 g/mol. The summed E-state index contributed by atoms with van der Waals surface area (Å²) in [5.74, 6) is -0.131. The van der Waals surface area contributed by atoms with Crippen LogP contribution in [0.4, 0.5) is 15.8 Å². The minimum atomic E-state index is -0.591. The molecule has 2 aliphatic rings. The van der Waals surface area contributed by atoms with Gasteiger partial charge in [-0.25, -0.2) is 14.4 Å². The first-order valence-corrected chi connectivity index (χ1v) is 11.7. The first kappa shape index (κ1) is 26.4. The number of hydrogen-bond acceptors (Lipinski definition) is 7. The molecule has 2 N–H and O–H groups in total. The van der Waals surface area contributed by atoms with Gasteiger partial charge in [-0.1, -0.05) is 35.8 Å². The first-order chi connectivity index (χ1) is 17.8. The van der Waals surface area contributed by atoms with Gasteiger partial charge in [0, 0.05) is 25.0 Å². The van der Waals surface area contributed by atoms with Crippen molar-refractivity contribution < 1.29 is 23.4 Å². The summed E-state index contributed by atoms with van der Waals surface area (Å²) >= 11 is 13.2. The van der Waals surface area contributed by atoms with Gasteiger partial charge in [0.15, 0.2) is 0 Å². The Kier molecular flexibility index (Phi) is 7.97. The molecule has 0 saturated heterocycles. The highest BCUT2D eigenvalue weighted by Gasteiger charge is 2.32. The number of nitrogens with one attached hydrogen (secondary N) is 2. The maximum atomic E-state index is 14.6. The quantitative estimate of drug-likeness (QED) is 0.446. The molecule has 2 atom stereocenters. The monoisotopic (exact) mass is 544 g/mol. The van der Waals surface area contributed by atoms with Gasteiger partial charge in [0.2, 0.25) is 11.9 Å². The number of nitrogens with zero attached hydrogens (tertiary/aromatic N) is 2. The van der Waals surface area contributed by atoms with Crippen LogP contribution in [0.5, 0.6) is 11.5 Å². The van der Waals surface area contributed by atoms with Gasteiger partial charge >= 0.3 is 0 Å². The molecule has 2 unspecified atom stereocenters. The smallest absolute Gasteiger partial charge is 0.247 e. The lowest BCUT2D eigenvalue weighted by Crippen LogP contribution is -2.34. The van der Waals surface area contributed by atoms with E-state index in [1.807, 2.05) is 12.2 Å². The van der Waals surface area contributed by atoms with Gasteiger partial charge in [-0.05, 0) is 41.5 Å². The van der Waals surface area contributed by atoms with Crippen LogP contribution in [0.15, 0.2) is 64.6 Å². The molecule has 1 heterocycles. The highest BCUT2D eigenvalue weighted by molar-refractivity contribution is 6.39. The number of aliphatic imine (C=N–C) groups is 2. The van der Waals surface area contributed by atoms with Crippen molar-refractivity contribution in [2.24, 2.45) is 9.98 Å². The Balaban J connectivity index is 1.69. The van der Waals surface area contributed by atoms with Gasteiger partial charge in [0.05, 0.1) is 30.0 Å². The summed E-state index contributed by atoms with van der Waals surface area (Å²) in [6.45, 7) is 3.42. The molecule has 0 spiro atoms. The van der Waals surface area contributed by atoms with Crippen molar-refractivity contribution in [3.05, 3.63) is 76.1 Å². The average Bonchev–Trinajstić information content (AvgIpc) is 2.90. The summed E-state index contributed by atoms with van der Waals surface area (Å²) in [7, 11) is 4.55. The number of carbonyl (C=O) groups excluding carboxylic acids is 1. The zero-order chi connectivity index (χ0) is 26.7. The molecule has 4 rings (SSSR count). The lowest BCUT2D eigenvalue weighted by molar-refractivity contribution is -0.111. The highest BCUT2D eigenvalue weighted by Crippen LogP contribution is 2.45. The molecule has 1 aliphatic carbocycles. The van der Waals surface area contributed by atoms with Gasteiger partial charge in [0.25, 0.3) is 0 Å². The van der Waals surface area contributed by atoms with Crippen molar-refractivity contribution in [2.45, 2.75) is 12.1 Å². The number of halogens is 3. The molecule has 0 fully saturated rings. The first-order valence-electron chi connectivity index (χ1n) is 11.0. The Morgan fingerprint density at radius 1 is 1.16 bits per heavy atom. The molecule has 0 radical (unpaired) electrons. The lowest BCUT2D eigenvalue weighted by Gasteiger charge is -2.29. The Labute approximate surface area is 223 Å². The Bertz CT molecular complexity index is 1360. The molecule has 2 aromatic carbocycles. The number of benzene rings is 2. The molecule has 37 heavy (non-hydrogen) atoms. The molecular weight excluding hydrogens is 522 g/mol. The largest absolute Gasteiger partial charge is 0.495 e. The summed E-state index contributed by atoms with van der Waals surface area (Å²) in [6.07, 6.45) is 5.84. The molecular formula is C26H23Cl2FN4O4. The summed E-state index contributed by atoms with van der Waals surface area (Å²) in [5, 5.41) is 6.06. The van der Waals surface area contributed by atoms with E-state index in [0.717, 1.165) is 11.6 Å². The fourth-order valence-electron chi connectivity index (χ4n) is 3.94. The second-order valence-corrected chi connectivity index (χ2v) is 8.64. The van der Waals surface area contributed by atoms with E-state index in [9.17, 15) is 9.18 Å². The fourth-order valence-corrected chi connectivity index (χ4v) is 4.66. The number of ether oxygens (including phenoxy) is 3. The molecule has 0 saturated carbocycles. The van der Waals surface area contributed by atoms with E-state index in [1.54, 1.807) is 25.5 Å². The molecule has 1 aliphatic heterocycles. The van der Waals surface area contributed by atoms with E-state index in [-0.39, 0.29) is 17.3 Å². The van der Waals surface area contributed by atoms with Crippen molar-refractivity contribution in [1.82, 2.24) is 0 Å². The molecule has 192 valence electrons. The molecule has 2 aromatic rings. The Hall–Kier alpha value is -3.66. The van der Waals surface area contributed by atoms with Crippen LogP contribution in [0.25, 0.3) is 5.57 Å². The van der Waals surface area contributed by atoms with Gasteiger partial charge < -0.3 is 24.8 Å². The number of carbonyl (C=O) groups is 1. The van der Waals surface area contributed by atoms with Crippen LogP contribution in [0.2, 0.25) is 10.0 Å². The van der Waals surface area contributed by atoms with Crippen LogP contribution in [0.3, 0.4) is 0 Å². The topological polar surface area (TPSA) is 93.5 Å². The van der Waals surface area contributed by atoms with Crippen LogP contribution < -0.4 is 20.1 Å². The third kappa shape index (κ3) is 5.24. The van der Waals surface area contributed by atoms with E-state index in [1.165, 1.54) is 26.4 Å². The van der Waals surface area contributed by atoms with E-state index >= 15 is 0 Å². The molecule has 8 nitrogen and oxygen atoms in total. The van der Waals surface area contributed by atoms with Gasteiger partial charge in [-0.3, -0.25) is 4.79 Å². The van der Waals surface area contributed by atoms with Gasteiger partial charge in [-0.15, -0.1) is 0 Å². The number of anilines is 2. The number of allylic oxidation sites excluding steroid dienone is 2. The second kappa shape index (κ2) is 11.2. The maximum absolute atomic E-state index is 14.6. The van der Waals surface area contributed by atoms with E-state index in [2.05, 4.69) is 27.2 Å². The number of amides is 1. The summed E-state index contributed by atoms with van der Waals surface area (Å²) in [4.78, 5) is 20.8. The molecule has 1 amide bonds. The lowest BCUT2D eigenvalue weighted by atomic mass is 9.89. The predicted octanol–water partition coefficient (Wildman–Crippen LogP) is 5.53. The van der Waals surface area contributed by atoms with Gasteiger partial charge in [0.1, 0.15) is 35.1 Å². The van der Waals surface area contributed by atoms with E-state index in [4.69, 9.17) is 37.4 Å². The van der Waals surface area contributed by atoms with Crippen LogP contribution in [-0.4, -0.2) is 51.6 Å². The van der Waals surface area contributed by atoms with Crippen molar-refractivity contribution in [3.8, 4) is 11.5 Å². The standard InChI is InChI=1S/C26H23Cl2FN4O4/c1-5-20(34)31-16-8-6-7-15(29)25(16)33-26-30-12-14-9-13(10-19(37-4)24(14)32-26)21-22(27)17(35-2)11-18(36-3)23(21)28/h5-12,19,24H,1H2,2-4H3,(H,31,34)(H,32,33). The van der Waals surface area contributed by atoms with Crippen LogP contribution in [0.1, 0.15) is 5.56 Å². The number of methoxy groups -OCH3 is 3. The molecule has 0 aromatic heterocycles. The summed E-state index contributed by atoms with van der Waals surface area (Å²) in [5.41, 5.74) is 2.14. The minimum absolute atomic E-state index is 0.0177. The fraction of sp³-hybridized carbons (Fsp3) is 0.192. The number of para-hydroxylation sites is 1. The van der Waals surface area contributed by atoms with Crippen molar-refractivity contribution in [3.63, 3.8) is 0 Å². The minimum Gasteiger partial charge on any atom is -0.495 e. The molecule has 11 heteroatoms. The zero-order valence-corrected chi connectivity index (χ0v) is 21.7. The van der Waals surface area contributed by atoms with Crippen LogP contribution in [-0.2, 0) is 9.53 Å². The number of fused-ring (bicyclic) bond motifs is 1. The van der Waals surface area contributed by atoms with Crippen LogP contribution in [0, 0.1) is 5.82 Å². The summed E-state index contributed by atoms with van der Waals surface area (Å²) < 4.78 is 31.1. The van der Waals surface area contributed by atoms with E-state index < -0.39 is 23.9 Å². The molecule has 0 bridgehead atoms. The van der Waals surface area contributed by atoms with Crippen molar-refractivity contribution in [2.75, 3.05) is 32.0 Å². The number of rotatable bonds is 7. The third-order valence-electron chi connectivity index (χ3n) is 5.74.